The van der Waals surface area contributed by atoms with E-state index in [-0.39, 0.29) is 0 Å². The Morgan fingerprint density at radius 2 is 0.589 bits per heavy atom. The van der Waals surface area contributed by atoms with Crippen molar-refractivity contribution in [2.75, 3.05) is 25.4 Å². The van der Waals surface area contributed by atoms with Gasteiger partial charge in [0.2, 0.25) is 16.6 Å². The van der Waals surface area contributed by atoms with Crippen molar-refractivity contribution in [3.05, 3.63) is 0 Å². The van der Waals surface area contributed by atoms with Crippen LogP contribution < -0.4 is 0 Å². The average Bonchev–Trinajstić information content (AvgIpc) is 3.02. The summed E-state index contributed by atoms with van der Waals surface area (Å²) in [5, 5.41) is -2.41. The molecule has 0 bridgehead atoms. The van der Waals surface area contributed by atoms with Crippen LogP contribution >= 0.6 is 103 Å². The molecule has 0 saturated carbocycles. The van der Waals surface area contributed by atoms with Gasteiger partial charge in [0.1, 0.15) is 6.04 Å². The minimum Gasteiger partial charge on any atom is -0.480 e. The highest BCUT2D eigenvalue weighted by Crippen LogP contribution is 2.85. The zero-order valence-corrected chi connectivity index (χ0v) is 47.9. The number of rotatable bonds is 31. The van der Waals surface area contributed by atoms with E-state index in [1.807, 2.05) is 0 Å². The molecule has 0 aromatic heterocycles. The monoisotopic (exact) mass is 1340 g/mol. The standard InChI is InChI=1S/C18H52N4O38P12S/c1-4-7-19(13(61(25,26)27)62(28,29)30)16(67(43,44)45,68(46,47)48)22(17(69(49,50)51,70(52,53)54)20(8-5-2)14(63(31,32)33)64(34,35)36)11(12(23)24)10-73-18(71(55,56)57,72(58,59)60)21(9-6-3)15(65(37,38)39)66(40,41)42/h11,13-15H,4-10H2,1-3H3,(H,23,24)(H2,25,26,27)(H2,28,29,30)(H2,31,32,33)(H2,34,35,36)(H2,37,38,39)(H2,40,41,42)(H2,43,44,45)(H2,46,47,48)(H2,49,50,51)(H2,52,53,54)(H2,55,56,57)(H2,58,59,60)/t11-/m0/s1. The summed E-state index contributed by atoms with van der Waals surface area (Å²) in [5.41, 5.74) is -14.0. The van der Waals surface area contributed by atoms with Gasteiger partial charge in [0, 0.05) is 25.4 Å². The van der Waals surface area contributed by atoms with E-state index in [2.05, 4.69) is 0 Å². The molecule has 0 saturated heterocycles. The molecule has 55 heteroatoms. The molecule has 73 heavy (non-hydrogen) atoms. The van der Waals surface area contributed by atoms with Crippen LogP contribution in [0.15, 0.2) is 0 Å². The number of carbonyl (C=O) groups is 1. The van der Waals surface area contributed by atoms with Crippen LogP contribution in [0.25, 0.3) is 0 Å². The predicted molar refractivity (Wildman–Crippen MR) is 241 cm³/mol. The van der Waals surface area contributed by atoms with E-state index in [9.17, 15) is 182 Å². The summed E-state index contributed by atoms with van der Waals surface area (Å²) in [6, 6.07) is -4.99. The Morgan fingerprint density at radius 1 is 0.384 bits per heavy atom. The Labute approximate surface area is 412 Å². The minimum absolute atomic E-state index is 0.526. The number of aliphatic carboxylic acids is 1. The molecule has 0 aromatic rings. The highest BCUT2D eigenvalue weighted by molar-refractivity contribution is 8.13. The zero-order chi connectivity index (χ0) is 59.4. The first-order chi connectivity index (χ1) is 31.6. The largest absolute Gasteiger partial charge is 0.480 e. The number of thioether (sulfide) groups is 1. The maximum atomic E-state index is 14.4. The quantitative estimate of drug-likeness (QED) is 0.0236. The van der Waals surface area contributed by atoms with Crippen LogP contribution in [0.2, 0.25) is 0 Å². The van der Waals surface area contributed by atoms with Gasteiger partial charge in [-0.15, -0.1) is 11.8 Å². The van der Waals surface area contributed by atoms with Gasteiger partial charge in [-0.1, -0.05) is 20.8 Å². The number of carboxylic acids is 1. The Balaban J connectivity index is 11.4. The van der Waals surface area contributed by atoms with E-state index < -0.39 is 210 Å². The molecule has 1 atom stereocenters. The first kappa shape index (κ1) is 74.5. The van der Waals surface area contributed by atoms with Crippen molar-refractivity contribution in [2.24, 2.45) is 0 Å². The van der Waals surface area contributed by atoms with Crippen molar-refractivity contribution >= 4 is 109 Å². The van der Waals surface area contributed by atoms with Crippen molar-refractivity contribution in [1.82, 2.24) is 19.6 Å². The van der Waals surface area contributed by atoms with Crippen molar-refractivity contribution in [1.29, 1.82) is 0 Å². The van der Waals surface area contributed by atoms with Crippen molar-refractivity contribution in [2.45, 2.75) is 77.3 Å². The molecule has 0 unspecified atom stereocenters. The van der Waals surface area contributed by atoms with Crippen molar-refractivity contribution in [3.8, 4) is 0 Å². The van der Waals surface area contributed by atoms with Gasteiger partial charge < -0.3 is 123 Å². The van der Waals surface area contributed by atoms with Crippen molar-refractivity contribution in [3.63, 3.8) is 0 Å². The molecular weight excluding hydrogens is 1280 g/mol. The van der Waals surface area contributed by atoms with E-state index >= 15 is 0 Å². The topological polar surface area (TPSA) is 741 Å². The van der Waals surface area contributed by atoms with Gasteiger partial charge in [-0.05, 0) is 19.3 Å². The fraction of sp³-hybridized carbons (Fsp3) is 0.944. The molecule has 0 rings (SSSR count). The molecule has 25 N–H and O–H groups in total. The first-order valence-electron chi connectivity index (χ1n) is 18.2. The van der Waals surface area contributed by atoms with Gasteiger partial charge in [0.15, 0.2) is 0 Å². The third-order valence-corrected chi connectivity index (χ3v) is 34.9. The van der Waals surface area contributed by atoms with Crippen LogP contribution in [-0.2, 0) is 59.6 Å². The molecule has 0 aliphatic heterocycles. The van der Waals surface area contributed by atoms with E-state index in [0.717, 1.165) is 6.92 Å². The molecule has 0 fully saturated rings. The van der Waals surface area contributed by atoms with Gasteiger partial charge in [-0.25, -0.2) is 19.6 Å². The SMILES string of the molecule is CCCN(C(P(=O)(O)O)P(=O)(O)O)C(SC[C@@H](C(=O)O)N(C(N(CCC)C(P(=O)(O)O)P(=O)(O)O)(P(=O)(O)O)P(=O)(O)O)C(N(CCC)C(P(=O)(O)O)P(=O)(O)O)(P(=O)(O)O)P(=O)(O)O)(P(=O)(O)O)P(=O)(O)O. The third kappa shape index (κ3) is 15.3. The van der Waals surface area contributed by atoms with Crippen LogP contribution in [0.3, 0.4) is 0 Å². The Kier molecular flexibility index (Phi) is 24.6. The van der Waals surface area contributed by atoms with Gasteiger partial charge >= 0.3 is 97.1 Å². The summed E-state index contributed by atoms with van der Waals surface area (Å²) < 4.78 is 157. The summed E-state index contributed by atoms with van der Waals surface area (Å²) >= 11 is -1.85. The van der Waals surface area contributed by atoms with Gasteiger partial charge in [0.25, 0.3) is 14.6 Å². The number of hydrogen-bond acceptors (Lipinski definition) is 18. The number of hydrogen-bond donors (Lipinski definition) is 25. The third-order valence-electron chi connectivity index (χ3n) is 9.18. The van der Waals surface area contributed by atoms with E-state index in [1.54, 1.807) is 0 Å². The molecule has 0 aliphatic rings. The summed E-state index contributed by atoms with van der Waals surface area (Å²) in [7, 11) is -93.2. The molecule has 0 aliphatic carbocycles. The van der Waals surface area contributed by atoms with Gasteiger partial charge in [0.05, 0.1) is 0 Å². The first-order valence-corrected chi connectivity index (χ1v) is 39.0. The van der Waals surface area contributed by atoms with Crippen LogP contribution in [-0.4, -0.2) is 211 Å². The smallest absolute Gasteiger partial charge is 0.373 e. The van der Waals surface area contributed by atoms with Crippen LogP contribution in [0, 0.1) is 0 Å². The highest BCUT2D eigenvalue weighted by atomic mass is 32.2. The normalized spacial score (nSPS) is 16.2. The fourth-order valence-electron chi connectivity index (χ4n) is 7.32. The fourth-order valence-corrected chi connectivity index (χ4v) is 29.9. The summed E-state index contributed by atoms with van der Waals surface area (Å²) in [5.74, 6) is -6.93. The predicted octanol–water partition coefficient (Wildman–Crippen LogP) is -3.57. The Bertz CT molecular complexity index is 2360. The lowest BCUT2D eigenvalue weighted by Crippen LogP contribution is -2.76. The van der Waals surface area contributed by atoms with Crippen LogP contribution in [0.5, 0.6) is 0 Å². The number of nitrogens with zero attached hydrogens (tertiary/aromatic N) is 4. The zero-order valence-electron chi connectivity index (χ0n) is 36.3. The second-order valence-corrected chi connectivity index (χ2v) is 39.1. The second-order valence-electron chi connectivity index (χ2n) is 14.7. The Morgan fingerprint density at radius 3 is 0.753 bits per heavy atom. The van der Waals surface area contributed by atoms with E-state index in [0.29, 0.717) is 13.8 Å². The molecule has 42 nitrogen and oxygen atoms in total. The molecule has 0 spiro atoms. The molecule has 0 heterocycles. The van der Waals surface area contributed by atoms with Crippen LogP contribution in [0.4, 0.5) is 0 Å². The molecule has 0 aromatic carbocycles. The molecule has 438 valence electrons. The average molecular weight is 1340 g/mol. The second kappa shape index (κ2) is 24.1. The molecular formula is C18H52N4O38P12S. The molecule has 0 amide bonds. The van der Waals surface area contributed by atoms with Crippen molar-refractivity contribution < 1.29 is 182 Å². The lowest BCUT2D eigenvalue weighted by Gasteiger charge is -2.61. The summed E-state index contributed by atoms with van der Waals surface area (Å²) in [6.07, 6.45) is -3.94. The van der Waals surface area contributed by atoms with E-state index in [4.69, 9.17) is 0 Å². The minimum atomic E-state index is -8.58. The Hall–Kier alpha value is 1.46. The van der Waals surface area contributed by atoms with Crippen LogP contribution in [0.1, 0.15) is 40.0 Å². The van der Waals surface area contributed by atoms with Gasteiger partial charge in [-0.3, -0.25) is 59.6 Å². The van der Waals surface area contributed by atoms with E-state index in [1.165, 1.54) is 0 Å². The number of carboxylic acid groups (broad SMARTS) is 1. The lowest BCUT2D eigenvalue weighted by molar-refractivity contribution is -0.152. The maximum absolute atomic E-state index is 14.4. The molecule has 0 radical (unpaired) electrons. The highest BCUT2D eigenvalue weighted by Gasteiger charge is 2.85. The van der Waals surface area contributed by atoms with Gasteiger partial charge in [-0.2, -0.15) is 0 Å². The lowest BCUT2D eigenvalue weighted by atomic mass is 10.3. The summed E-state index contributed by atoms with van der Waals surface area (Å²) in [4.78, 5) is 263. The summed E-state index contributed by atoms with van der Waals surface area (Å²) in [6.45, 7) is -4.89. The maximum Gasteiger partial charge on any atom is 0.373 e.